The molecule has 8 nitrogen and oxygen atoms in total. The highest BCUT2D eigenvalue weighted by atomic mass is 19.1. The SMILES string of the molecule is CCc1nc(C)ccc1-c1cc(C(=O)N2CCN(C3CC3)CC2)cc2c(F)c(C3=CCCN(C(=O)OC(C)(C)C)C3)n(CC3CC3)c12. The second-order valence-corrected chi connectivity index (χ2v) is 14.9. The van der Waals surface area contributed by atoms with Gasteiger partial charge in [-0.25, -0.2) is 9.18 Å². The molecule has 250 valence electrons. The summed E-state index contributed by atoms with van der Waals surface area (Å²) in [5.41, 5.74) is 5.63. The molecule has 0 bridgehead atoms. The number of hydrogen-bond acceptors (Lipinski definition) is 5. The van der Waals surface area contributed by atoms with Gasteiger partial charge in [0.15, 0.2) is 5.82 Å². The van der Waals surface area contributed by atoms with Crippen molar-refractivity contribution in [3.63, 3.8) is 0 Å². The number of nitrogens with zero attached hydrogens (tertiary/aromatic N) is 5. The molecule has 2 aliphatic carbocycles. The molecule has 0 unspecified atom stereocenters. The zero-order valence-electron chi connectivity index (χ0n) is 28.6. The van der Waals surface area contributed by atoms with Gasteiger partial charge in [0, 0.05) is 78.8 Å². The van der Waals surface area contributed by atoms with E-state index < -0.39 is 5.60 Å². The maximum atomic E-state index is 17.2. The van der Waals surface area contributed by atoms with Crippen LogP contribution < -0.4 is 0 Å². The summed E-state index contributed by atoms with van der Waals surface area (Å²) in [5.74, 6) is 0.0877. The van der Waals surface area contributed by atoms with E-state index in [-0.39, 0.29) is 24.4 Å². The number of pyridine rings is 1. The van der Waals surface area contributed by atoms with E-state index in [4.69, 9.17) is 9.72 Å². The largest absolute Gasteiger partial charge is 0.444 e. The van der Waals surface area contributed by atoms with Crippen LogP contribution in [0.1, 0.15) is 87.2 Å². The number of hydrogen-bond donors (Lipinski definition) is 0. The van der Waals surface area contributed by atoms with Crippen molar-refractivity contribution >= 4 is 28.5 Å². The highest BCUT2D eigenvalue weighted by Gasteiger charge is 2.35. The lowest BCUT2D eigenvalue weighted by Crippen LogP contribution is -2.49. The Hall–Kier alpha value is -3.72. The summed E-state index contributed by atoms with van der Waals surface area (Å²) in [4.78, 5) is 38.2. The van der Waals surface area contributed by atoms with Gasteiger partial charge >= 0.3 is 6.09 Å². The fourth-order valence-electron chi connectivity index (χ4n) is 7.27. The summed E-state index contributed by atoms with van der Waals surface area (Å²) in [7, 11) is 0. The molecule has 9 heteroatoms. The average Bonchev–Trinajstić information content (AvgIpc) is 3.99. The third-order valence-electron chi connectivity index (χ3n) is 9.99. The number of carbonyl (C=O) groups is 2. The molecule has 1 saturated heterocycles. The smallest absolute Gasteiger partial charge is 0.410 e. The molecular formula is C38H48FN5O3. The number of rotatable bonds is 7. The van der Waals surface area contributed by atoms with Crippen molar-refractivity contribution in [2.45, 2.75) is 91.3 Å². The average molecular weight is 642 g/mol. The molecule has 7 rings (SSSR count). The van der Waals surface area contributed by atoms with Crippen LogP contribution >= 0.6 is 0 Å². The number of aromatic nitrogens is 2. The van der Waals surface area contributed by atoms with E-state index >= 15 is 4.39 Å². The zero-order chi connectivity index (χ0) is 33.0. The molecule has 3 aromatic rings. The molecule has 0 atom stereocenters. The summed E-state index contributed by atoms with van der Waals surface area (Å²) < 4.78 is 25.0. The van der Waals surface area contributed by atoms with Crippen LogP contribution in [0.3, 0.4) is 0 Å². The highest BCUT2D eigenvalue weighted by Crippen LogP contribution is 2.42. The Morgan fingerprint density at radius 2 is 1.72 bits per heavy atom. The van der Waals surface area contributed by atoms with E-state index in [1.54, 1.807) is 11.0 Å². The van der Waals surface area contributed by atoms with Crippen LogP contribution in [0.2, 0.25) is 0 Å². The standard InChI is InChI=1S/C38H48FN5O3/c1-6-32-29(14-9-24(2)40-32)30-20-27(36(45)42-18-16-41(17-19-42)28-12-13-28)21-31-33(39)34(44(35(30)31)22-25-10-11-25)26-8-7-15-43(23-26)37(46)47-38(3,4)5/h8-9,14,20-21,25,28H,6-7,10-13,15-19,22-23H2,1-5H3. The maximum absolute atomic E-state index is 17.2. The maximum Gasteiger partial charge on any atom is 0.410 e. The second-order valence-electron chi connectivity index (χ2n) is 14.9. The summed E-state index contributed by atoms with van der Waals surface area (Å²) in [6, 6.07) is 8.52. The summed E-state index contributed by atoms with van der Waals surface area (Å²) in [6.45, 7) is 14.2. The topological polar surface area (TPSA) is 70.9 Å². The molecule has 0 N–H and O–H groups in total. The van der Waals surface area contributed by atoms with E-state index in [1.165, 1.54) is 12.8 Å². The number of benzene rings is 1. The lowest BCUT2D eigenvalue weighted by molar-refractivity contribution is 0.0272. The quantitative estimate of drug-likeness (QED) is 0.276. The third-order valence-corrected chi connectivity index (χ3v) is 9.99. The van der Waals surface area contributed by atoms with Crippen LogP contribution in [0.5, 0.6) is 0 Å². The monoisotopic (exact) mass is 641 g/mol. The first-order chi connectivity index (χ1) is 22.5. The molecule has 4 aliphatic rings. The molecule has 0 spiro atoms. The fourth-order valence-corrected chi connectivity index (χ4v) is 7.27. The first kappa shape index (κ1) is 31.9. The van der Waals surface area contributed by atoms with Gasteiger partial charge in [0.25, 0.3) is 5.91 Å². The van der Waals surface area contributed by atoms with Gasteiger partial charge in [0.2, 0.25) is 0 Å². The van der Waals surface area contributed by atoms with Crippen molar-refractivity contribution in [1.29, 1.82) is 0 Å². The molecule has 2 aliphatic heterocycles. The van der Waals surface area contributed by atoms with Gasteiger partial charge in [-0.3, -0.25) is 14.7 Å². The van der Waals surface area contributed by atoms with Crippen LogP contribution in [-0.4, -0.2) is 87.2 Å². The first-order valence-corrected chi connectivity index (χ1v) is 17.5. The van der Waals surface area contributed by atoms with Crippen molar-refractivity contribution in [1.82, 2.24) is 24.3 Å². The first-order valence-electron chi connectivity index (χ1n) is 17.5. The fraction of sp³-hybridized carbons (Fsp3) is 0.553. The molecule has 47 heavy (non-hydrogen) atoms. The van der Waals surface area contributed by atoms with Gasteiger partial charge in [-0.1, -0.05) is 19.1 Å². The van der Waals surface area contributed by atoms with Crippen LogP contribution in [0.15, 0.2) is 30.3 Å². The Morgan fingerprint density at radius 3 is 2.38 bits per heavy atom. The number of halogens is 1. The number of ether oxygens (including phenoxy) is 1. The Kier molecular flexibility index (Phi) is 8.39. The lowest BCUT2D eigenvalue weighted by atomic mass is 9.96. The molecule has 3 fully saturated rings. The van der Waals surface area contributed by atoms with E-state index in [9.17, 15) is 9.59 Å². The van der Waals surface area contributed by atoms with Crippen LogP contribution in [0, 0.1) is 18.7 Å². The van der Waals surface area contributed by atoms with Crippen molar-refractivity contribution in [2.75, 3.05) is 39.3 Å². The van der Waals surface area contributed by atoms with Crippen molar-refractivity contribution < 1.29 is 18.7 Å². The predicted molar refractivity (Wildman–Crippen MR) is 183 cm³/mol. The van der Waals surface area contributed by atoms with Gasteiger partial charge in [0.1, 0.15) is 5.60 Å². The van der Waals surface area contributed by atoms with Crippen LogP contribution in [0.4, 0.5) is 9.18 Å². The molecular weight excluding hydrogens is 593 g/mol. The molecule has 2 aromatic heterocycles. The lowest BCUT2D eigenvalue weighted by Gasteiger charge is -2.35. The summed E-state index contributed by atoms with van der Waals surface area (Å²) in [5, 5.41) is 0.455. The second kappa shape index (κ2) is 12.4. The normalized spacial score (nSPS) is 19.3. The van der Waals surface area contributed by atoms with E-state index in [0.717, 1.165) is 59.5 Å². The van der Waals surface area contributed by atoms with Crippen LogP contribution in [0.25, 0.3) is 27.6 Å². The Balaban J connectivity index is 1.36. The Labute approximate surface area is 277 Å². The van der Waals surface area contributed by atoms with Gasteiger partial charge in [-0.05, 0) is 95.9 Å². The van der Waals surface area contributed by atoms with E-state index in [1.807, 2.05) is 44.7 Å². The van der Waals surface area contributed by atoms with Gasteiger partial charge in [-0.15, -0.1) is 0 Å². The minimum Gasteiger partial charge on any atom is -0.444 e. The summed E-state index contributed by atoms with van der Waals surface area (Å²) in [6.07, 6.45) is 7.73. The number of piperazine rings is 1. The molecule has 0 radical (unpaired) electrons. The van der Waals surface area contributed by atoms with E-state index in [2.05, 4.69) is 28.5 Å². The number of aryl methyl sites for hydroxylation is 2. The highest BCUT2D eigenvalue weighted by molar-refractivity contribution is 6.05. The minimum atomic E-state index is -0.619. The Morgan fingerprint density at radius 1 is 0.979 bits per heavy atom. The molecule has 1 aromatic carbocycles. The minimum absolute atomic E-state index is 0.0504. The molecule has 4 heterocycles. The van der Waals surface area contributed by atoms with Gasteiger partial charge in [-0.2, -0.15) is 0 Å². The summed E-state index contributed by atoms with van der Waals surface area (Å²) >= 11 is 0. The number of fused-ring (bicyclic) bond motifs is 1. The van der Waals surface area contributed by atoms with Gasteiger partial charge in [0.05, 0.1) is 17.8 Å². The predicted octanol–water partition coefficient (Wildman–Crippen LogP) is 7.07. The third kappa shape index (κ3) is 6.56. The molecule has 2 amide bonds. The number of carbonyl (C=O) groups excluding carboxylic acids is 2. The Bertz CT molecular complexity index is 1740. The van der Waals surface area contributed by atoms with Crippen molar-refractivity contribution in [2.24, 2.45) is 5.92 Å². The van der Waals surface area contributed by atoms with Gasteiger partial charge < -0.3 is 19.1 Å². The van der Waals surface area contributed by atoms with Crippen molar-refractivity contribution in [3.8, 4) is 11.1 Å². The van der Waals surface area contributed by atoms with Crippen LogP contribution in [-0.2, 0) is 17.7 Å². The number of amides is 2. The van der Waals surface area contributed by atoms with E-state index in [0.29, 0.717) is 67.6 Å². The molecule has 2 saturated carbocycles. The van der Waals surface area contributed by atoms with Crippen molar-refractivity contribution in [3.05, 3.63) is 58.8 Å². The zero-order valence-corrected chi connectivity index (χ0v) is 28.6.